The topological polar surface area (TPSA) is 85.9 Å². The fourth-order valence-electron chi connectivity index (χ4n) is 3.84. The number of hydrogen-bond acceptors (Lipinski definition) is 6. The van der Waals surface area contributed by atoms with Crippen molar-refractivity contribution in [3.05, 3.63) is 68.1 Å². The van der Waals surface area contributed by atoms with Crippen molar-refractivity contribution in [1.82, 2.24) is 9.55 Å². The molecule has 35 heavy (non-hydrogen) atoms. The maximum Gasteiger partial charge on any atom is 0.265 e. The lowest BCUT2D eigenvalue weighted by Crippen LogP contribution is -2.34. The number of aliphatic imine (C=N–C) groups is 1. The smallest absolute Gasteiger partial charge is 0.265 e. The Bertz CT molecular complexity index is 1120. The van der Waals surface area contributed by atoms with Crippen LogP contribution in [0.2, 0.25) is 5.02 Å². The van der Waals surface area contributed by atoms with Crippen LogP contribution in [0.25, 0.3) is 6.08 Å². The second kappa shape index (κ2) is 14.0. The van der Waals surface area contributed by atoms with E-state index in [1.54, 1.807) is 18.2 Å². The number of nitrogens with zero attached hydrogens (tertiary/aromatic N) is 3. The molecular weight excluding hydrogens is 492 g/mol. The van der Waals surface area contributed by atoms with Gasteiger partial charge in [-0.2, -0.15) is 0 Å². The van der Waals surface area contributed by atoms with Crippen molar-refractivity contribution in [2.45, 2.75) is 39.4 Å². The molecule has 1 N–H and O–H groups in total. The number of benzene rings is 1. The standard InChI is InChI=1S/C19H17ClFN3O2.C5H11OP.CH4O/c20-12-6-7-13(15(21)9-12)18-22-8-4-2-1-3-5-17-23-16-11-26-10-14(16)19(25)24(17)18;1-2-7-4-3-6-5-7;1-2/h3,5-7,9H,1-2,4,8,10-11H2;2-5H2,1H3;2H,1H3/b5-3+,22-18?;;. The zero-order valence-corrected chi connectivity index (χ0v) is 21.8. The van der Waals surface area contributed by atoms with Gasteiger partial charge in [0.25, 0.3) is 5.56 Å². The molecule has 5 rings (SSSR count). The summed E-state index contributed by atoms with van der Waals surface area (Å²) in [5.74, 6) is 0.175. The Labute approximate surface area is 211 Å². The lowest BCUT2D eigenvalue weighted by atomic mass is 10.1. The number of aliphatic hydroxyl groups is 1. The molecule has 4 heterocycles. The highest BCUT2D eigenvalue weighted by atomic mass is 35.5. The molecular formula is C25H32ClFN3O4P. The van der Waals surface area contributed by atoms with Crippen LogP contribution in [-0.4, -0.2) is 59.4 Å². The second-order valence-corrected chi connectivity index (χ2v) is 11.1. The minimum absolute atomic E-state index is 0.210. The van der Waals surface area contributed by atoms with E-state index < -0.39 is 5.82 Å². The third kappa shape index (κ3) is 7.05. The molecule has 0 bridgehead atoms. The van der Waals surface area contributed by atoms with Gasteiger partial charge in [0, 0.05) is 18.7 Å². The third-order valence-electron chi connectivity index (χ3n) is 5.74. The van der Waals surface area contributed by atoms with E-state index in [1.807, 2.05) is 6.08 Å². The van der Waals surface area contributed by atoms with Crippen molar-refractivity contribution < 1.29 is 19.0 Å². The van der Waals surface area contributed by atoms with Gasteiger partial charge in [0.2, 0.25) is 0 Å². The van der Waals surface area contributed by atoms with Crippen LogP contribution in [0.1, 0.15) is 48.8 Å². The monoisotopic (exact) mass is 523 g/mol. The molecule has 3 aliphatic rings. The minimum Gasteiger partial charge on any atom is -0.400 e. The predicted octanol–water partition coefficient (Wildman–Crippen LogP) is 4.64. The van der Waals surface area contributed by atoms with Crippen LogP contribution in [0.4, 0.5) is 4.39 Å². The Kier molecular flexibility index (Phi) is 11.0. The number of fused-ring (bicyclic) bond motifs is 2. The number of ether oxygens (including phenoxy) is 2. The summed E-state index contributed by atoms with van der Waals surface area (Å²) in [5.41, 5.74) is 1.10. The number of allylic oxidation sites excluding steroid dienone is 1. The SMILES string of the molecule is CCP1CCOC1.CO.O=c1c2c(nc3n1C(c1ccc(Cl)cc1F)=NCCCC/C=C/3)COC2. The van der Waals surface area contributed by atoms with Crippen LogP contribution < -0.4 is 5.56 Å². The fraction of sp³-hybridized carbons (Fsp3) is 0.480. The molecule has 10 heteroatoms. The molecule has 1 aromatic heterocycles. The molecule has 1 unspecified atom stereocenters. The molecule has 0 radical (unpaired) electrons. The van der Waals surface area contributed by atoms with Gasteiger partial charge in [-0.25, -0.2) is 13.9 Å². The van der Waals surface area contributed by atoms with Gasteiger partial charge >= 0.3 is 0 Å². The summed E-state index contributed by atoms with van der Waals surface area (Å²) in [6.45, 7) is 4.31. The first kappa shape index (κ1) is 27.6. The van der Waals surface area contributed by atoms with Gasteiger partial charge in [0.1, 0.15) is 17.5 Å². The molecule has 1 aromatic carbocycles. The van der Waals surface area contributed by atoms with Crippen LogP contribution >= 0.6 is 19.5 Å². The Hall–Kier alpha value is -1.96. The van der Waals surface area contributed by atoms with Crippen molar-refractivity contribution in [1.29, 1.82) is 0 Å². The van der Waals surface area contributed by atoms with Gasteiger partial charge in [-0.15, -0.1) is 0 Å². The summed E-state index contributed by atoms with van der Waals surface area (Å²) in [7, 11) is 1.33. The number of hydrogen-bond donors (Lipinski definition) is 1. The summed E-state index contributed by atoms with van der Waals surface area (Å²) in [6.07, 6.45) is 10.3. The van der Waals surface area contributed by atoms with Gasteiger partial charge in [0.15, 0.2) is 0 Å². The molecule has 1 atom stereocenters. The molecule has 0 spiro atoms. The van der Waals surface area contributed by atoms with Crippen LogP contribution in [0.15, 0.2) is 34.1 Å². The van der Waals surface area contributed by atoms with Crippen molar-refractivity contribution in [3.8, 4) is 0 Å². The Balaban J connectivity index is 0.000000324. The minimum atomic E-state index is -0.521. The van der Waals surface area contributed by atoms with Gasteiger partial charge in [0.05, 0.1) is 43.0 Å². The Morgan fingerprint density at radius 1 is 1.23 bits per heavy atom. The molecule has 7 nitrogen and oxygen atoms in total. The largest absolute Gasteiger partial charge is 0.400 e. The van der Waals surface area contributed by atoms with Crippen molar-refractivity contribution in [2.75, 3.05) is 38.9 Å². The van der Waals surface area contributed by atoms with Crippen molar-refractivity contribution in [2.24, 2.45) is 4.99 Å². The summed E-state index contributed by atoms with van der Waals surface area (Å²) >= 11 is 5.88. The summed E-state index contributed by atoms with van der Waals surface area (Å²) in [6, 6.07) is 4.36. The third-order valence-corrected chi connectivity index (χ3v) is 8.23. The molecule has 1 fully saturated rings. The lowest BCUT2D eigenvalue weighted by Gasteiger charge is -2.16. The zero-order valence-electron chi connectivity index (χ0n) is 20.2. The first-order chi connectivity index (χ1) is 17.1. The molecule has 0 aliphatic carbocycles. The second-order valence-electron chi connectivity index (χ2n) is 8.00. The van der Waals surface area contributed by atoms with Gasteiger partial charge < -0.3 is 14.6 Å². The van der Waals surface area contributed by atoms with E-state index >= 15 is 0 Å². The van der Waals surface area contributed by atoms with Crippen LogP contribution in [0.3, 0.4) is 0 Å². The molecule has 0 amide bonds. The van der Waals surface area contributed by atoms with Gasteiger partial charge in [-0.3, -0.25) is 9.79 Å². The van der Waals surface area contributed by atoms with Crippen molar-refractivity contribution >= 4 is 31.4 Å². The quantitative estimate of drug-likeness (QED) is 0.579. The zero-order chi connectivity index (χ0) is 25.2. The van der Waals surface area contributed by atoms with E-state index in [0.717, 1.165) is 39.3 Å². The first-order valence-corrected chi connectivity index (χ1v) is 14.0. The van der Waals surface area contributed by atoms with Crippen LogP contribution in [0, 0.1) is 5.82 Å². The summed E-state index contributed by atoms with van der Waals surface area (Å²) in [4.78, 5) is 22.2. The highest BCUT2D eigenvalue weighted by Gasteiger charge is 2.24. The van der Waals surface area contributed by atoms with Gasteiger partial charge in [-0.05, 0) is 55.9 Å². The molecule has 1 saturated heterocycles. The molecule has 0 saturated carbocycles. The summed E-state index contributed by atoms with van der Waals surface area (Å²) in [5, 5.41) is 7.29. The normalized spacial score (nSPS) is 19.8. The molecule has 3 aliphatic heterocycles. The number of aromatic nitrogens is 2. The lowest BCUT2D eigenvalue weighted by molar-refractivity contribution is 0.133. The van der Waals surface area contributed by atoms with Crippen LogP contribution in [-0.2, 0) is 22.7 Å². The average Bonchev–Trinajstić information content (AvgIpc) is 3.56. The fourth-order valence-corrected chi connectivity index (χ4v) is 5.41. The Morgan fingerprint density at radius 3 is 2.74 bits per heavy atom. The van der Waals surface area contributed by atoms with Crippen LogP contribution in [0.5, 0.6) is 0 Å². The van der Waals surface area contributed by atoms with E-state index in [9.17, 15) is 9.18 Å². The maximum atomic E-state index is 14.6. The predicted molar refractivity (Wildman–Crippen MR) is 139 cm³/mol. The van der Waals surface area contributed by atoms with E-state index in [4.69, 9.17) is 26.2 Å². The highest BCUT2D eigenvalue weighted by Crippen LogP contribution is 2.38. The average molecular weight is 524 g/mol. The number of rotatable bonds is 2. The van der Waals surface area contributed by atoms with Crippen molar-refractivity contribution in [3.63, 3.8) is 0 Å². The number of halogens is 2. The molecule has 2 aromatic rings. The van der Waals surface area contributed by atoms with E-state index in [-0.39, 0.29) is 23.6 Å². The van der Waals surface area contributed by atoms with E-state index in [2.05, 4.69) is 16.9 Å². The Morgan fingerprint density at radius 2 is 2.06 bits per heavy atom. The van der Waals surface area contributed by atoms with Gasteiger partial charge in [-0.1, -0.05) is 32.5 Å². The molecule has 190 valence electrons. The maximum absolute atomic E-state index is 14.6. The highest BCUT2D eigenvalue weighted by molar-refractivity contribution is 7.57. The number of aliphatic hydroxyl groups excluding tert-OH is 1. The van der Waals surface area contributed by atoms with E-state index in [0.29, 0.717) is 43.2 Å². The summed E-state index contributed by atoms with van der Waals surface area (Å²) < 4.78 is 26.6. The van der Waals surface area contributed by atoms with E-state index in [1.165, 1.54) is 23.0 Å². The first-order valence-electron chi connectivity index (χ1n) is 11.7.